The monoisotopic (exact) mass is 295 g/mol. The van der Waals surface area contributed by atoms with Crippen molar-refractivity contribution in [2.75, 3.05) is 12.4 Å². The number of hydrogen-bond acceptors (Lipinski definition) is 5. The third-order valence-electron chi connectivity index (χ3n) is 3.21. The molecule has 2 N–H and O–H groups in total. The van der Waals surface area contributed by atoms with Crippen molar-refractivity contribution in [3.63, 3.8) is 0 Å². The summed E-state index contributed by atoms with van der Waals surface area (Å²) in [4.78, 5) is 11.8. The molecule has 110 valence electrons. The Hall–Kier alpha value is -3.15. The Morgan fingerprint density at radius 1 is 1.23 bits per heavy atom. The predicted octanol–water partition coefficient (Wildman–Crippen LogP) is 2.18. The maximum absolute atomic E-state index is 11.8. The van der Waals surface area contributed by atoms with Crippen LogP contribution in [0.4, 0.5) is 5.69 Å². The van der Waals surface area contributed by atoms with Crippen LogP contribution in [-0.4, -0.2) is 30.0 Å². The van der Waals surface area contributed by atoms with E-state index in [1.165, 1.54) is 19.4 Å². The van der Waals surface area contributed by atoms with Crippen LogP contribution in [0.3, 0.4) is 0 Å². The lowest BCUT2D eigenvalue weighted by atomic mass is 10.1. The second kappa shape index (κ2) is 5.69. The van der Waals surface area contributed by atoms with Gasteiger partial charge >= 0.3 is 0 Å². The Kier molecular flexibility index (Phi) is 3.57. The Balaban J connectivity index is 1.85. The largest absolute Gasteiger partial charge is 0.504 e. The van der Waals surface area contributed by atoms with E-state index in [0.29, 0.717) is 11.3 Å². The van der Waals surface area contributed by atoms with Crippen LogP contribution >= 0.6 is 0 Å². The molecule has 0 bridgehead atoms. The van der Waals surface area contributed by atoms with Gasteiger partial charge in [0.15, 0.2) is 17.2 Å². The van der Waals surface area contributed by atoms with Crippen molar-refractivity contribution in [3.05, 3.63) is 53.6 Å². The van der Waals surface area contributed by atoms with Crippen molar-refractivity contribution < 1.29 is 14.6 Å². The van der Waals surface area contributed by atoms with Gasteiger partial charge in [-0.1, -0.05) is 18.2 Å². The van der Waals surface area contributed by atoms with Gasteiger partial charge in [0.1, 0.15) is 0 Å². The first-order chi connectivity index (χ1) is 10.7. The molecule has 3 rings (SSSR count). The van der Waals surface area contributed by atoms with Gasteiger partial charge < -0.3 is 15.2 Å². The second-order valence-corrected chi connectivity index (χ2v) is 4.62. The minimum absolute atomic E-state index is 0.0167. The van der Waals surface area contributed by atoms with Crippen LogP contribution in [0.2, 0.25) is 0 Å². The molecule has 0 aliphatic carbocycles. The number of ether oxygens (including phenoxy) is 1. The average Bonchev–Trinajstić information content (AvgIpc) is 2.83. The Labute approximate surface area is 126 Å². The zero-order valence-electron chi connectivity index (χ0n) is 11.8. The molecule has 0 aromatic heterocycles. The quantitative estimate of drug-likeness (QED) is 0.672. The van der Waals surface area contributed by atoms with E-state index in [-0.39, 0.29) is 17.4 Å². The summed E-state index contributed by atoms with van der Waals surface area (Å²) in [7, 11) is 1.48. The highest BCUT2D eigenvalue weighted by molar-refractivity contribution is 6.53. The lowest BCUT2D eigenvalue weighted by molar-refractivity contribution is -0.110. The molecule has 0 saturated carbocycles. The van der Waals surface area contributed by atoms with Crippen molar-refractivity contribution in [3.8, 4) is 11.5 Å². The fourth-order valence-corrected chi connectivity index (χ4v) is 2.14. The van der Waals surface area contributed by atoms with E-state index in [4.69, 9.17) is 4.74 Å². The first kappa shape index (κ1) is 13.8. The fourth-order valence-electron chi connectivity index (χ4n) is 2.14. The number of methoxy groups -OCH3 is 1. The third-order valence-corrected chi connectivity index (χ3v) is 3.21. The highest BCUT2D eigenvalue weighted by atomic mass is 16.5. The van der Waals surface area contributed by atoms with Crippen LogP contribution in [0.1, 0.15) is 11.1 Å². The van der Waals surface area contributed by atoms with Crippen LogP contribution in [0, 0.1) is 0 Å². The van der Waals surface area contributed by atoms with Gasteiger partial charge in [-0.2, -0.15) is 5.10 Å². The number of carbonyl (C=O) groups excluding carboxylic acids is 1. The van der Waals surface area contributed by atoms with Gasteiger partial charge in [-0.3, -0.25) is 4.79 Å². The fraction of sp³-hybridized carbons (Fsp3) is 0.0625. The number of anilines is 1. The van der Waals surface area contributed by atoms with E-state index >= 15 is 0 Å². The van der Waals surface area contributed by atoms with Crippen LogP contribution in [0.15, 0.2) is 52.7 Å². The summed E-state index contributed by atoms with van der Waals surface area (Å²) in [6, 6.07) is 12.1. The third kappa shape index (κ3) is 2.54. The van der Waals surface area contributed by atoms with Gasteiger partial charge in [-0.05, 0) is 29.8 Å². The summed E-state index contributed by atoms with van der Waals surface area (Å²) in [5.74, 6) is 0.117. The normalized spacial score (nSPS) is 15.1. The van der Waals surface area contributed by atoms with Crippen LogP contribution in [-0.2, 0) is 4.79 Å². The minimum Gasteiger partial charge on any atom is -0.504 e. The average molecular weight is 295 g/mol. The summed E-state index contributed by atoms with van der Waals surface area (Å²) < 4.78 is 4.96. The van der Waals surface area contributed by atoms with Gasteiger partial charge in [0.05, 0.1) is 19.0 Å². The summed E-state index contributed by atoms with van der Waals surface area (Å²) in [6.07, 6.45) is 1.46. The molecule has 6 heteroatoms. The lowest BCUT2D eigenvalue weighted by Gasteiger charge is -2.02. The summed E-state index contributed by atoms with van der Waals surface area (Å²) in [5.41, 5.74) is 2.37. The molecule has 0 saturated heterocycles. The summed E-state index contributed by atoms with van der Waals surface area (Å²) in [6.45, 7) is 0. The highest BCUT2D eigenvalue weighted by Gasteiger charge is 2.25. The number of amides is 1. The van der Waals surface area contributed by atoms with Crippen LogP contribution in [0.5, 0.6) is 11.5 Å². The van der Waals surface area contributed by atoms with Crippen LogP contribution < -0.4 is 10.1 Å². The van der Waals surface area contributed by atoms with Gasteiger partial charge in [-0.15, -0.1) is 5.10 Å². The minimum atomic E-state index is -0.282. The number of rotatable bonds is 3. The maximum atomic E-state index is 11.8. The molecule has 2 aromatic carbocycles. The van der Waals surface area contributed by atoms with E-state index in [2.05, 4.69) is 15.5 Å². The summed E-state index contributed by atoms with van der Waals surface area (Å²) >= 11 is 0. The van der Waals surface area contributed by atoms with Crippen LogP contribution in [0.25, 0.3) is 0 Å². The Morgan fingerprint density at radius 3 is 2.82 bits per heavy atom. The van der Waals surface area contributed by atoms with Crippen molar-refractivity contribution >= 4 is 23.5 Å². The SMILES string of the molecule is COc1ccc(/C=N/N=C2\C(=O)Nc3ccccc32)cc1O. The van der Waals surface area contributed by atoms with E-state index in [1.807, 2.05) is 12.1 Å². The number of fused-ring (bicyclic) bond motifs is 1. The molecular weight excluding hydrogens is 282 g/mol. The molecule has 0 radical (unpaired) electrons. The Bertz CT molecular complexity index is 797. The van der Waals surface area contributed by atoms with E-state index in [0.717, 1.165) is 11.3 Å². The lowest BCUT2D eigenvalue weighted by Crippen LogP contribution is -2.13. The standard InChI is InChI=1S/C16H13N3O3/c1-22-14-7-6-10(8-13(14)20)9-17-19-15-11-4-2-3-5-12(11)18-16(15)21/h2-9,20H,1H3,(H,18,19,21)/b17-9+. The zero-order chi connectivity index (χ0) is 15.5. The van der Waals surface area contributed by atoms with Crippen molar-refractivity contribution in [2.45, 2.75) is 0 Å². The maximum Gasteiger partial charge on any atom is 0.276 e. The van der Waals surface area contributed by atoms with Crippen molar-refractivity contribution in [2.24, 2.45) is 10.2 Å². The zero-order valence-corrected chi connectivity index (χ0v) is 11.8. The number of phenolic OH excluding ortho intramolecular Hbond substituents is 1. The molecule has 0 unspecified atom stereocenters. The van der Waals surface area contributed by atoms with Crippen molar-refractivity contribution in [1.82, 2.24) is 0 Å². The molecule has 22 heavy (non-hydrogen) atoms. The van der Waals surface area contributed by atoms with E-state index in [9.17, 15) is 9.90 Å². The molecular formula is C16H13N3O3. The Morgan fingerprint density at radius 2 is 2.05 bits per heavy atom. The highest BCUT2D eigenvalue weighted by Crippen LogP contribution is 2.25. The number of para-hydroxylation sites is 1. The molecule has 1 aliphatic heterocycles. The molecule has 0 atom stereocenters. The number of aromatic hydroxyl groups is 1. The van der Waals surface area contributed by atoms with E-state index < -0.39 is 0 Å². The smallest absolute Gasteiger partial charge is 0.276 e. The molecule has 1 heterocycles. The number of nitrogens with one attached hydrogen (secondary N) is 1. The number of carbonyl (C=O) groups is 1. The van der Waals surface area contributed by atoms with Gasteiger partial charge in [-0.25, -0.2) is 0 Å². The molecule has 6 nitrogen and oxygen atoms in total. The topological polar surface area (TPSA) is 83.3 Å². The van der Waals surface area contributed by atoms with Crippen molar-refractivity contribution in [1.29, 1.82) is 0 Å². The number of hydrogen-bond donors (Lipinski definition) is 2. The first-order valence-electron chi connectivity index (χ1n) is 6.58. The molecule has 1 amide bonds. The molecule has 1 aliphatic rings. The van der Waals surface area contributed by atoms with Gasteiger partial charge in [0, 0.05) is 5.56 Å². The molecule has 0 spiro atoms. The number of nitrogens with zero attached hydrogens (tertiary/aromatic N) is 2. The molecule has 2 aromatic rings. The number of benzene rings is 2. The predicted molar refractivity (Wildman–Crippen MR) is 83.9 cm³/mol. The molecule has 0 fully saturated rings. The first-order valence-corrected chi connectivity index (χ1v) is 6.58. The van der Waals surface area contributed by atoms with Gasteiger partial charge in [0.2, 0.25) is 0 Å². The number of phenols is 1. The summed E-state index contributed by atoms with van der Waals surface area (Å²) in [5, 5.41) is 20.3. The van der Waals surface area contributed by atoms with Gasteiger partial charge in [0.25, 0.3) is 5.91 Å². The second-order valence-electron chi connectivity index (χ2n) is 4.62. The van der Waals surface area contributed by atoms with E-state index in [1.54, 1.807) is 24.3 Å².